The molecule has 0 aliphatic heterocycles. The summed E-state index contributed by atoms with van der Waals surface area (Å²) in [6.07, 6.45) is 0. The molecule has 0 atom stereocenters. The number of rotatable bonds is 7. The Morgan fingerprint density at radius 1 is 1.06 bits per heavy atom. The maximum atomic E-state index is 13.5. The van der Waals surface area contributed by atoms with Crippen molar-refractivity contribution in [2.24, 2.45) is 0 Å². The van der Waals surface area contributed by atoms with Crippen molar-refractivity contribution in [3.63, 3.8) is 0 Å². The molecule has 2 aromatic heterocycles. The zero-order valence-electron chi connectivity index (χ0n) is 18.7. The van der Waals surface area contributed by atoms with E-state index in [9.17, 15) is 19.8 Å². The van der Waals surface area contributed by atoms with E-state index in [1.165, 1.54) is 11.7 Å². The molecule has 0 fully saturated rings. The van der Waals surface area contributed by atoms with Crippen LogP contribution in [0.2, 0.25) is 0 Å². The molecule has 0 saturated carbocycles. The summed E-state index contributed by atoms with van der Waals surface area (Å²) in [6, 6.07) is 15.3. The highest BCUT2D eigenvalue weighted by molar-refractivity contribution is 7.16. The molecule has 2 N–H and O–H groups in total. The van der Waals surface area contributed by atoms with Gasteiger partial charge >= 0.3 is 5.97 Å². The fraction of sp³-hybridized carbons (Fsp3) is 0.160. The molecule has 8 nitrogen and oxygen atoms in total. The first-order chi connectivity index (χ1) is 16.4. The number of hydrogen-bond donors (Lipinski definition) is 2. The van der Waals surface area contributed by atoms with Crippen molar-refractivity contribution in [2.75, 3.05) is 13.7 Å². The van der Waals surface area contributed by atoms with Gasteiger partial charge in [0.1, 0.15) is 10.6 Å². The molecule has 2 aromatic carbocycles. The molecule has 9 heteroatoms. The minimum absolute atomic E-state index is 0.0839. The third-order valence-corrected chi connectivity index (χ3v) is 6.31. The summed E-state index contributed by atoms with van der Waals surface area (Å²) in [5, 5.41) is 22.0. The van der Waals surface area contributed by atoms with Gasteiger partial charge in [-0.25, -0.2) is 9.78 Å². The maximum Gasteiger partial charge on any atom is 0.350 e. The molecule has 0 spiro atoms. The van der Waals surface area contributed by atoms with E-state index < -0.39 is 23.4 Å². The summed E-state index contributed by atoms with van der Waals surface area (Å²) in [7, 11) is 1.52. The number of hydrogen-bond acceptors (Lipinski definition) is 8. The van der Waals surface area contributed by atoms with Crippen molar-refractivity contribution in [3.05, 3.63) is 76.3 Å². The summed E-state index contributed by atoms with van der Waals surface area (Å²) in [4.78, 5) is 30.5. The van der Waals surface area contributed by atoms with E-state index in [1.807, 2.05) is 6.07 Å². The molecule has 0 amide bonds. The molecule has 0 radical (unpaired) electrons. The average Bonchev–Trinajstić information content (AvgIpc) is 3.36. The fourth-order valence-electron chi connectivity index (χ4n) is 3.57. The van der Waals surface area contributed by atoms with Crippen molar-refractivity contribution >= 4 is 23.1 Å². The quantitative estimate of drug-likeness (QED) is 0.292. The highest BCUT2D eigenvalue weighted by Crippen LogP contribution is 2.45. The van der Waals surface area contributed by atoms with Crippen LogP contribution >= 0.6 is 11.3 Å². The van der Waals surface area contributed by atoms with Crippen molar-refractivity contribution < 1.29 is 29.3 Å². The minimum atomic E-state index is -0.579. The summed E-state index contributed by atoms with van der Waals surface area (Å²) < 4.78 is 11.5. The predicted molar refractivity (Wildman–Crippen MR) is 127 cm³/mol. The first kappa shape index (κ1) is 23.1. The number of carbonyl (C=O) groups excluding carboxylic acids is 2. The zero-order chi connectivity index (χ0) is 24.4. The number of aromatic nitrogens is 2. The van der Waals surface area contributed by atoms with E-state index in [0.29, 0.717) is 22.6 Å². The van der Waals surface area contributed by atoms with Gasteiger partial charge in [-0.1, -0.05) is 41.7 Å². The Labute approximate surface area is 199 Å². The van der Waals surface area contributed by atoms with Crippen LogP contribution in [0, 0.1) is 6.92 Å². The Balaban J connectivity index is 1.94. The van der Waals surface area contributed by atoms with Gasteiger partial charge in [-0.05, 0) is 43.7 Å². The van der Waals surface area contributed by atoms with Gasteiger partial charge in [-0.3, -0.25) is 9.36 Å². The second-order valence-corrected chi connectivity index (χ2v) is 8.26. The smallest absolute Gasteiger partial charge is 0.350 e. The number of nitrogens with zero attached hydrogens (tertiary/aromatic N) is 2. The van der Waals surface area contributed by atoms with Crippen molar-refractivity contribution in [1.82, 2.24) is 9.55 Å². The lowest BCUT2D eigenvalue weighted by Crippen LogP contribution is -2.05. The van der Waals surface area contributed by atoms with Gasteiger partial charge in [0.15, 0.2) is 16.7 Å². The van der Waals surface area contributed by atoms with Crippen LogP contribution in [0.1, 0.15) is 38.2 Å². The zero-order valence-corrected chi connectivity index (χ0v) is 19.5. The predicted octanol–water partition coefficient (Wildman–Crippen LogP) is 4.74. The van der Waals surface area contributed by atoms with E-state index >= 15 is 0 Å². The van der Waals surface area contributed by atoms with Gasteiger partial charge in [0.25, 0.3) is 0 Å². The molecule has 34 heavy (non-hydrogen) atoms. The van der Waals surface area contributed by atoms with Crippen LogP contribution < -0.4 is 4.74 Å². The third-order valence-electron chi connectivity index (χ3n) is 5.18. The van der Waals surface area contributed by atoms with Crippen LogP contribution in [0.3, 0.4) is 0 Å². The topological polar surface area (TPSA) is 111 Å². The van der Waals surface area contributed by atoms with E-state index in [2.05, 4.69) is 4.98 Å². The Hall–Kier alpha value is -4.11. The highest BCUT2D eigenvalue weighted by Gasteiger charge is 2.31. The second kappa shape index (κ2) is 9.40. The van der Waals surface area contributed by atoms with Crippen molar-refractivity contribution in [1.29, 1.82) is 0 Å². The number of aromatic hydroxyl groups is 2. The summed E-state index contributed by atoms with van der Waals surface area (Å²) in [5.41, 5.74) is 1.45. The Morgan fingerprint density at radius 3 is 2.35 bits per heavy atom. The Kier molecular flexibility index (Phi) is 6.38. The van der Waals surface area contributed by atoms with Crippen LogP contribution in [0.5, 0.6) is 17.4 Å². The minimum Gasteiger partial charge on any atom is -0.503 e. The molecule has 0 unspecified atom stereocenters. The Bertz CT molecular complexity index is 1360. The lowest BCUT2D eigenvalue weighted by Gasteiger charge is -2.09. The molecule has 174 valence electrons. The molecule has 0 saturated heterocycles. The molecular weight excluding hydrogens is 456 g/mol. The van der Waals surface area contributed by atoms with Gasteiger partial charge in [-0.15, -0.1) is 0 Å². The normalized spacial score (nSPS) is 10.8. The van der Waals surface area contributed by atoms with E-state index in [1.54, 1.807) is 62.4 Å². The van der Waals surface area contributed by atoms with Gasteiger partial charge in [0.2, 0.25) is 5.88 Å². The largest absolute Gasteiger partial charge is 0.503 e. The van der Waals surface area contributed by atoms with Gasteiger partial charge in [0.05, 0.1) is 30.7 Å². The van der Waals surface area contributed by atoms with Gasteiger partial charge < -0.3 is 19.7 Å². The van der Waals surface area contributed by atoms with E-state index in [-0.39, 0.29) is 27.9 Å². The van der Waals surface area contributed by atoms with E-state index in [4.69, 9.17) is 9.47 Å². The summed E-state index contributed by atoms with van der Waals surface area (Å²) >= 11 is 0.997. The molecule has 4 aromatic rings. The van der Waals surface area contributed by atoms with Gasteiger partial charge in [0, 0.05) is 5.56 Å². The third kappa shape index (κ3) is 4.01. The summed E-state index contributed by atoms with van der Waals surface area (Å²) in [5.74, 6) is -1.58. The number of benzene rings is 2. The monoisotopic (exact) mass is 478 g/mol. The number of ether oxygens (including phenoxy) is 2. The number of carbonyl (C=O) groups is 2. The molecule has 0 bridgehead atoms. The number of esters is 1. The average molecular weight is 479 g/mol. The van der Waals surface area contributed by atoms with Crippen molar-refractivity contribution in [2.45, 2.75) is 13.8 Å². The SMILES string of the molecule is CCOC(=O)c1sc(-n2c(O)c(O)c(C(=O)c3ccc(OC)cc3)c2-c2ccccc2)nc1C. The number of thiazole rings is 1. The lowest BCUT2D eigenvalue weighted by atomic mass is 9.99. The number of ketones is 1. The molecule has 0 aliphatic carbocycles. The Morgan fingerprint density at radius 2 is 1.74 bits per heavy atom. The molecule has 4 rings (SSSR count). The lowest BCUT2D eigenvalue weighted by molar-refractivity contribution is 0.0531. The van der Waals surface area contributed by atoms with E-state index in [0.717, 1.165) is 11.3 Å². The van der Waals surface area contributed by atoms with Crippen LogP contribution in [-0.2, 0) is 4.74 Å². The highest BCUT2D eigenvalue weighted by atomic mass is 32.1. The first-order valence-electron chi connectivity index (χ1n) is 10.4. The van der Waals surface area contributed by atoms with Crippen LogP contribution in [0.15, 0.2) is 54.6 Å². The molecular formula is C25H22N2O6S. The van der Waals surface area contributed by atoms with Crippen LogP contribution in [0.25, 0.3) is 16.4 Å². The maximum absolute atomic E-state index is 13.5. The van der Waals surface area contributed by atoms with Crippen LogP contribution in [-0.4, -0.2) is 45.2 Å². The molecule has 2 heterocycles. The fourth-order valence-corrected chi connectivity index (χ4v) is 4.54. The van der Waals surface area contributed by atoms with Crippen molar-refractivity contribution in [3.8, 4) is 33.8 Å². The second-order valence-electron chi connectivity index (χ2n) is 7.29. The van der Waals surface area contributed by atoms with Crippen LogP contribution in [0.4, 0.5) is 0 Å². The first-order valence-corrected chi connectivity index (χ1v) is 11.2. The number of methoxy groups -OCH3 is 1. The summed E-state index contributed by atoms with van der Waals surface area (Å²) in [6.45, 7) is 3.56. The standard InChI is InChI=1S/C25H22N2O6S/c1-4-33-24(31)22-14(2)26-25(34-22)27-19(15-8-6-5-7-9-15)18(21(29)23(27)30)20(28)16-10-12-17(32-3)13-11-16/h5-13,29-30H,4H2,1-3H3. The van der Waals surface area contributed by atoms with Gasteiger partial charge in [-0.2, -0.15) is 0 Å². The number of aryl methyl sites for hydroxylation is 1. The molecule has 0 aliphatic rings.